The third kappa shape index (κ3) is 3.71. The SMILES string of the molecule is Cc1nc(N(C)C)cc(N2CCN(C(=O)CC34CC5CC(CC(C5)C3)C4)CC2)n1. The van der Waals surface area contributed by atoms with Crippen LogP contribution in [0.1, 0.15) is 50.8 Å². The highest BCUT2D eigenvalue weighted by Gasteiger charge is 2.51. The van der Waals surface area contributed by atoms with Crippen molar-refractivity contribution in [2.75, 3.05) is 50.1 Å². The van der Waals surface area contributed by atoms with Gasteiger partial charge in [-0.05, 0) is 68.6 Å². The van der Waals surface area contributed by atoms with Crippen molar-refractivity contribution in [1.29, 1.82) is 0 Å². The number of hydrogen-bond acceptors (Lipinski definition) is 5. The molecular weight excluding hydrogens is 362 g/mol. The number of amides is 1. The smallest absolute Gasteiger partial charge is 0.223 e. The van der Waals surface area contributed by atoms with Gasteiger partial charge in [0.15, 0.2) is 0 Å². The van der Waals surface area contributed by atoms with Gasteiger partial charge in [-0.1, -0.05) is 0 Å². The van der Waals surface area contributed by atoms with E-state index in [1.54, 1.807) is 0 Å². The van der Waals surface area contributed by atoms with Crippen LogP contribution in [0.5, 0.6) is 0 Å². The summed E-state index contributed by atoms with van der Waals surface area (Å²) in [5.41, 5.74) is 0.341. The highest BCUT2D eigenvalue weighted by Crippen LogP contribution is 2.61. The zero-order valence-corrected chi connectivity index (χ0v) is 18.2. The molecule has 4 aliphatic carbocycles. The number of carbonyl (C=O) groups excluding carboxylic acids is 1. The van der Waals surface area contributed by atoms with Crippen LogP contribution in [0.25, 0.3) is 0 Å². The standard InChI is InChI=1S/C23H35N5O/c1-16-24-20(26(2)3)11-21(25-16)27-4-6-28(7-5-27)22(29)15-23-12-17-8-18(13-23)10-19(9-17)14-23/h11,17-19H,4-10,12-15H2,1-3H3. The molecule has 158 valence electrons. The minimum absolute atomic E-state index is 0.341. The number of nitrogens with zero attached hydrogens (tertiary/aromatic N) is 5. The minimum atomic E-state index is 0.341. The van der Waals surface area contributed by atoms with Crippen molar-refractivity contribution < 1.29 is 4.79 Å². The van der Waals surface area contributed by atoms with Gasteiger partial charge in [-0.15, -0.1) is 0 Å². The summed E-state index contributed by atoms with van der Waals surface area (Å²) in [6.45, 7) is 5.28. The topological polar surface area (TPSA) is 52.6 Å². The van der Waals surface area contributed by atoms with Crippen LogP contribution in [0.4, 0.5) is 11.6 Å². The number of piperazine rings is 1. The third-order valence-corrected chi connectivity index (χ3v) is 7.92. The molecule has 4 bridgehead atoms. The zero-order valence-electron chi connectivity index (χ0n) is 18.2. The predicted molar refractivity (Wildman–Crippen MR) is 115 cm³/mol. The summed E-state index contributed by atoms with van der Waals surface area (Å²) < 4.78 is 0. The molecule has 1 amide bonds. The van der Waals surface area contributed by atoms with Crippen molar-refractivity contribution in [2.24, 2.45) is 23.2 Å². The van der Waals surface area contributed by atoms with E-state index in [0.29, 0.717) is 11.3 Å². The fourth-order valence-electron chi connectivity index (χ4n) is 7.05. The number of aryl methyl sites for hydroxylation is 1. The Balaban J connectivity index is 1.21. The number of carbonyl (C=O) groups is 1. The van der Waals surface area contributed by atoms with E-state index >= 15 is 0 Å². The van der Waals surface area contributed by atoms with Crippen molar-refractivity contribution >= 4 is 17.5 Å². The maximum Gasteiger partial charge on any atom is 0.223 e. The summed E-state index contributed by atoms with van der Waals surface area (Å²) in [7, 11) is 4.01. The van der Waals surface area contributed by atoms with Crippen LogP contribution in [0.15, 0.2) is 6.07 Å². The second kappa shape index (κ2) is 7.13. The largest absolute Gasteiger partial charge is 0.363 e. The van der Waals surface area contributed by atoms with Gasteiger partial charge in [0, 0.05) is 52.8 Å². The average Bonchev–Trinajstić information content (AvgIpc) is 2.66. The van der Waals surface area contributed by atoms with Crippen LogP contribution in [-0.4, -0.2) is 61.0 Å². The van der Waals surface area contributed by atoms with E-state index in [1.165, 1.54) is 38.5 Å². The van der Waals surface area contributed by atoms with Gasteiger partial charge in [0.2, 0.25) is 5.91 Å². The second-order valence-electron chi connectivity index (χ2n) is 10.5. The molecule has 0 aromatic carbocycles. The molecule has 1 saturated heterocycles. The summed E-state index contributed by atoms with van der Waals surface area (Å²) in [6.07, 6.45) is 9.08. The lowest BCUT2D eigenvalue weighted by atomic mass is 9.49. The van der Waals surface area contributed by atoms with E-state index in [-0.39, 0.29) is 0 Å². The highest BCUT2D eigenvalue weighted by atomic mass is 16.2. The van der Waals surface area contributed by atoms with E-state index in [1.807, 2.05) is 25.9 Å². The van der Waals surface area contributed by atoms with Crippen molar-refractivity contribution in [2.45, 2.75) is 51.9 Å². The maximum absolute atomic E-state index is 13.2. The Bertz CT molecular complexity index is 748. The Hall–Kier alpha value is -1.85. The number of rotatable bonds is 4. The monoisotopic (exact) mass is 397 g/mol. The van der Waals surface area contributed by atoms with Crippen molar-refractivity contribution in [1.82, 2.24) is 14.9 Å². The lowest BCUT2D eigenvalue weighted by molar-refractivity contribution is -0.139. The van der Waals surface area contributed by atoms with Crippen molar-refractivity contribution in [3.05, 3.63) is 11.9 Å². The Morgan fingerprint density at radius 1 is 1.03 bits per heavy atom. The lowest BCUT2D eigenvalue weighted by Gasteiger charge is -2.57. The highest BCUT2D eigenvalue weighted by molar-refractivity contribution is 5.77. The van der Waals surface area contributed by atoms with Crippen LogP contribution in [0, 0.1) is 30.1 Å². The molecule has 5 fully saturated rings. The van der Waals surface area contributed by atoms with Crippen molar-refractivity contribution in [3.8, 4) is 0 Å². The summed E-state index contributed by atoms with van der Waals surface area (Å²) in [4.78, 5) is 28.8. The molecule has 0 unspecified atom stereocenters. The molecule has 6 heteroatoms. The fraction of sp³-hybridized carbons (Fsp3) is 0.783. The fourth-order valence-corrected chi connectivity index (χ4v) is 7.05. The molecule has 1 aliphatic heterocycles. The molecule has 29 heavy (non-hydrogen) atoms. The summed E-state index contributed by atoms with van der Waals surface area (Å²) in [5.74, 6) is 5.86. The first-order valence-corrected chi connectivity index (χ1v) is 11.4. The first kappa shape index (κ1) is 19.1. The van der Waals surface area contributed by atoms with Gasteiger partial charge in [-0.2, -0.15) is 0 Å². The van der Waals surface area contributed by atoms with Crippen LogP contribution < -0.4 is 9.80 Å². The zero-order chi connectivity index (χ0) is 20.2. The second-order valence-corrected chi connectivity index (χ2v) is 10.5. The van der Waals surface area contributed by atoms with Gasteiger partial charge < -0.3 is 14.7 Å². The van der Waals surface area contributed by atoms with Gasteiger partial charge >= 0.3 is 0 Å². The molecule has 1 aromatic rings. The summed E-state index contributed by atoms with van der Waals surface area (Å²) in [5, 5.41) is 0. The van der Waals surface area contributed by atoms with E-state index in [0.717, 1.165) is 67.8 Å². The normalized spacial score (nSPS) is 33.3. The van der Waals surface area contributed by atoms with Gasteiger partial charge in [-0.3, -0.25) is 4.79 Å². The minimum Gasteiger partial charge on any atom is -0.363 e. The predicted octanol–water partition coefficient (Wildman–Crippen LogP) is 3.11. The van der Waals surface area contributed by atoms with Crippen LogP contribution in [-0.2, 0) is 4.79 Å². The van der Waals surface area contributed by atoms with Crippen LogP contribution in [0.3, 0.4) is 0 Å². The summed E-state index contributed by atoms with van der Waals surface area (Å²) >= 11 is 0. The molecule has 6 rings (SSSR count). The summed E-state index contributed by atoms with van der Waals surface area (Å²) in [6, 6.07) is 2.06. The molecule has 2 heterocycles. The van der Waals surface area contributed by atoms with E-state index in [4.69, 9.17) is 0 Å². The first-order valence-electron chi connectivity index (χ1n) is 11.4. The van der Waals surface area contributed by atoms with E-state index in [9.17, 15) is 4.79 Å². The average molecular weight is 398 g/mol. The Morgan fingerprint density at radius 3 is 2.17 bits per heavy atom. The molecule has 6 nitrogen and oxygen atoms in total. The van der Waals surface area contributed by atoms with Gasteiger partial charge in [-0.25, -0.2) is 9.97 Å². The first-order chi connectivity index (χ1) is 13.9. The number of hydrogen-bond donors (Lipinski definition) is 0. The van der Waals surface area contributed by atoms with Gasteiger partial charge in [0.25, 0.3) is 0 Å². The van der Waals surface area contributed by atoms with Crippen molar-refractivity contribution in [3.63, 3.8) is 0 Å². The Kier molecular flexibility index (Phi) is 4.71. The lowest BCUT2D eigenvalue weighted by Crippen LogP contribution is -2.52. The van der Waals surface area contributed by atoms with Gasteiger partial charge in [0.1, 0.15) is 17.5 Å². The number of anilines is 2. The van der Waals surface area contributed by atoms with E-state index < -0.39 is 0 Å². The molecule has 0 N–H and O–H groups in total. The third-order valence-electron chi connectivity index (χ3n) is 7.92. The molecular formula is C23H35N5O. The molecule has 0 spiro atoms. The quantitative estimate of drug-likeness (QED) is 0.781. The van der Waals surface area contributed by atoms with Crippen LogP contribution >= 0.6 is 0 Å². The number of aromatic nitrogens is 2. The molecule has 4 saturated carbocycles. The van der Waals surface area contributed by atoms with Crippen LogP contribution in [0.2, 0.25) is 0 Å². The molecule has 5 aliphatic rings. The van der Waals surface area contributed by atoms with Gasteiger partial charge in [0.05, 0.1) is 0 Å². The van der Waals surface area contributed by atoms with E-state index in [2.05, 4.69) is 25.8 Å². The maximum atomic E-state index is 13.2. The molecule has 1 aromatic heterocycles. The Morgan fingerprint density at radius 2 is 1.62 bits per heavy atom. The molecule has 0 radical (unpaired) electrons. The Labute approximate surface area is 174 Å². The molecule has 0 atom stereocenters.